The lowest BCUT2D eigenvalue weighted by Gasteiger charge is -2.13. The van der Waals surface area contributed by atoms with E-state index in [1.807, 2.05) is 0 Å². The molecule has 4 heteroatoms. The molecule has 2 rings (SSSR count). The summed E-state index contributed by atoms with van der Waals surface area (Å²) in [7, 11) is 0. The van der Waals surface area contributed by atoms with Crippen LogP contribution < -0.4 is 5.73 Å². The number of halogens is 2. The van der Waals surface area contributed by atoms with Gasteiger partial charge in [0, 0.05) is 11.8 Å². The van der Waals surface area contributed by atoms with E-state index in [0.29, 0.717) is 5.69 Å². The topological polar surface area (TPSA) is 38.9 Å². The molecule has 0 saturated heterocycles. The highest BCUT2D eigenvalue weighted by Gasteiger charge is 2.18. The maximum absolute atomic E-state index is 13.7. The van der Waals surface area contributed by atoms with Crippen LogP contribution in [0.2, 0.25) is 0 Å². The van der Waals surface area contributed by atoms with Gasteiger partial charge in [0.1, 0.15) is 0 Å². The van der Waals surface area contributed by atoms with E-state index in [4.69, 9.17) is 5.73 Å². The van der Waals surface area contributed by atoms with Gasteiger partial charge in [-0.1, -0.05) is 18.2 Å². The number of pyridine rings is 1. The molecule has 0 saturated carbocycles. The smallest absolute Gasteiger partial charge is 0.164 e. The quantitative estimate of drug-likeness (QED) is 0.867. The zero-order valence-corrected chi connectivity index (χ0v) is 9.32. The molecule has 88 valence electrons. The fourth-order valence-corrected chi connectivity index (χ4v) is 1.62. The molecule has 1 aromatic carbocycles. The number of aromatic nitrogens is 1. The first-order valence-electron chi connectivity index (χ1n) is 5.22. The number of aryl methyl sites for hydroxylation is 1. The second kappa shape index (κ2) is 4.59. The summed E-state index contributed by atoms with van der Waals surface area (Å²) in [6.45, 7) is 1.51. The number of hydrogen-bond acceptors (Lipinski definition) is 2. The fraction of sp³-hybridized carbons (Fsp3) is 0.154. The summed E-state index contributed by atoms with van der Waals surface area (Å²) in [5.74, 6) is -1.75. The molecule has 0 aliphatic carbocycles. The highest BCUT2D eigenvalue weighted by molar-refractivity contribution is 5.32. The van der Waals surface area contributed by atoms with E-state index >= 15 is 0 Å². The number of rotatable bonds is 2. The standard InChI is InChI=1S/C13H12F2N2/c1-8-5-6-9(12(15)11(8)14)13(16)10-4-2-3-7-17-10/h2-7,13H,16H2,1H3. The molecular formula is C13H12F2N2. The number of nitrogens with two attached hydrogens (primary N) is 1. The largest absolute Gasteiger partial charge is 0.319 e. The van der Waals surface area contributed by atoms with Gasteiger partial charge in [-0.15, -0.1) is 0 Å². The van der Waals surface area contributed by atoms with E-state index in [0.717, 1.165) is 0 Å². The molecule has 2 N–H and O–H groups in total. The van der Waals surface area contributed by atoms with Crippen LogP contribution in [-0.4, -0.2) is 4.98 Å². The molecule has 0 spiro atoms. The van der Waals surface area contributed by atoms with Crippen molar-refractivity contribution in [1.82, 2.24) is 4.98 Å². The van der Waals surface area contributed by atoms with Crippen LogP contribution in [-0.2, 0) is 0 Å². The van der Waals surface area contributed by atoms with Gasteiger partial charge in [0.2, 0.25) is 0 Å². The molecule has 1 heterocycles. The monoisotopic (exact) mass is 234 g/mol. The summed E-state index contributed by atoms with van der Waals surface area (Å²) < 4.78 is 27.1. The molecule has 0 amide bonds. The Labute approximate surface area is 98.1 Å². The van der Waals surface area contributed by atoms with Gasteiger partial charge >= 0.3 is 0 Å². The Hall–Kier alpha value is -1.81. The predicted molar refractivity (Wildman–Crippen MR) is 61.4 cm³/mol. The first kappa shape index (κ1) is 11.7. The van der Waals surface area contributed by atoms with Crippen molar-refractivity contribution in [2.75, 3.05) is 0 Å². The molecule has 0 fully saturated rings. The van der Waals surface area contributed by atoms with Crippen LogP contribution >= 0.6 is 0 Å². The highest BCUT2D eigenvalue weighted by atomic mass is 19.2. The SMILES string of the molecule is Cc1ccc(C(N)c2ccccn2)c(F)c1F. The van der Waals surface area contributed by atoms with Gasteiger partial charge in [-0.2, -0.15) is 0 Å². The second-order valence-corrected chi connectivity index (χ2v) is 3.83. The lowest BCUT2D eigenvalue weighted by atomic mass is 10.0. The van der Waals surface area contributed by atoms with Crippen molar-refractivity contribution in [3.63, 3.8) is 0 Å². The predicted octanol–water partition coefficient (Wildman–Crippen LogP) is 2.72. The normalized spacial score (nSPS) is 12.5. The maximum atomic E-state index is 13.7. The van der Waals surface area contributed by atoms with Gasteiger partial charge in [0.05, 0.1) is 11.7 Å². The molecule has 1 atom stereocenters. The minimum Gasteiger partial charge on any atom is -0.319 e. The zero-order chi connectivity index (χ0) is 12.4. The van der Waals surface area contributed by atoms with Crippen molar-refractivity contribution >= 4 is 0 Å². The van der Waals surface area contributed by atoms with Crippen molar-refractivity contribution in [2.45, 2.75) is 13.0 Å². The van der Waals surface area contributed by atoms with E-state index in [-0.39, 0.29) is 11.1 Å². The maximum Gasteiger partial charge on any atom is 0.164 e. The Morgan fingerprint density at radius 2 is 1.88 bits per heavy atom. The summed E-state index contributed by atoms with van der Waals surface area (Å²) in [5, 5.41) is 0. The molecule has 0 radical (unpaired) electrons. The van der Waals surface area contributed by atoms with E-state index in [1.165, 1.54) is 19.1 Å². The Morgan fingerprint density at radius 1 is 1.12 bits per heavy atom. The molecule has 0 bridgehead atoms. The van der Waals surface area contributed by atoms with Crippen molar-refractivity contribution in [3.05, 3.63) is 65.0 Å². The van der Waals surface area contributed by atoms with Crippen LogP contribution in [0.3, 0.4) is 0 Å². The minimum atomic E-state index is -0.900. The Kier molecular flexibility index (Phi) is 3.15. The third-order valence-electron chi connectivity index (χ3n) is 2.65. The lowest BCUT2D eigenvalue weighted by molar-refractivity contribution is 0.488. The first-order valence-corrected chi connectivity index (χ1v) is 5.22. The van der Waals surface area contributed by atoms with Crippen LogP contribution in [0.25, 0.3) is 0 Å². The molecule has 2 nitrogen and oxygen atoms in total. The average molecular weight is 234 g/mol. The first-order chi connectivity index (χ1) is 8.11. The van der Waals surface area contributed by atoms with Crippen LogP contribution in [0.15, 0.2) is 36.5 Å². The zero-order valence-electron chi connectivity index (χ0n) is 9.32. The minimum absolute atomic E-state index is 0.117. The molecule has 17 heavy (non-hydrogen) atoms. The summed E-state index contributed by atoms with van der Waals surface area (Å²) in [5.41, 5.74) is 6.76. The van der Waals surface area contributed by atoms with Crippen molar-refractivity contribution in [3.8, 4) is 0 Å². The van der Waals surface area contributed by atoms with Crippen LogP contribution in [0.5, 0.6) is 0 Å². The van der Waals surface area contributed by atoms with Gasteiger partial charge in [0.25, 0.3) is 0 Å². The fourth-order valence-electron chi connectivity index (χ4n) is 1.62. The Balaban J connectivity index is 2.45. The molecular weight excluding hydrogens is 222 g/mol. The second-order valence-electron chi connectivity index (χ2n) is 3.83. The van der Waals surface area contributed by atoms with Crippen LogP contribution in [0.4, 0.5) is 8.78 Å². The van der Waals surface area contributed by atoms with E-state index < -0.39 is 17.7 Å². The number of hydrogen-bond donors (Lipinski definition) is 1. The van der Waals surface area contributed by atoms with Gasteiger partial charge < -0.3 is 5.73 Å². The molecule has 0 aliphatic heterocycles. The summed E-state index contributed by atoms with van der Waals surface area (Å²) in [6.07, 6.45) is 1.57. The van der Waals surface area contributed by atoms with Gasteiger partial charge in [-0.25, -0.2) is 8.78 Å². The summed E-state index contributed by atoms with van der Waals surface area (Å²) in [6, 6.07) is 7.42. The third-order valence-corrected chi connectivity index (χ3v) is 2.65. The average Bonchev–Trinajstić information content (AvgIpc) is 2.36. The van der Waals surface area contributed by atoms with Gasteiger partial charge in [0.15, 0.2) is 11.6 Å². The van der Waals surface area contributed by atoms with Crippen molar-refractivity contribution in [2.24, 2.45) is 5.73 Å². The van der Waals surface area contributed by atoms with Crippen LogP contribution in [0.1, 0.15) is 22.9 Å². The summed E-state index contributed by atoms with van der Waals surface area (Å²) >= 11 is 0. The van der Waals surface area contributed by atoms with Crippen LogP contribution in [0, 0.1) is 18.6 Å². The Bertz CT molecular complexity index is 526. The lowest BCUT2D eigenvalue weighted by Crippen LogP contribution is -2.16. The van der Waals surface area contributed by atoms with Gasteiger partial charge in [-0.05, 0) is 24.6 Å². The molecule has 2 aromatic rings. The summed E-state index contributed by atoms with van der Waals surface area (Å²) in [4.78, 5) is 4.03. The molecule has 1 unspecified atom stereocenters. The van der Waals surface area contributed by atoms with Crippen molar-refractivity contribution < 1.29 is 8.78 Å². The van der Waals surface area contributed by atoms with Gasteiger partial charge in [-0.3, -0.25) is 4.98 Å². The third kappa shape index (κ3) is 2.17. The number of benzene rings is 1. The van der Waals surface area contributed by atoms with Crippen molar-refractivity contribution in [1.29, 1.82) is 0 Å². The van der Waals surface area contributed by atoms with E-state index in [2.05, 4.69) is 4.98 Å². The number of nitrogens with zero attached hydrogens (tertiary/aromatic N) is 1. The molecule has 1 aromatic heterocycles. The Morgan fingerprint density at radius 3 is 2.53 bits per heavy atom. The van der Waals surface area contributed by atoms with E-state index in [1.54, 1.807) is 24.4 Å². The van der Waals surface area contributed by atoms with E-state index in [9.17, 15) is 8.78 Å². The highest BCUT2D eigenvalue weighted by Crippen LogP contribution is 2.23. The molecule has 0 aliphatic rings.